The van der Waals surface area contributed by atoms with Crippen molar-refractivity contribution in [3.05, 3.63) is 29.6 Å². The average molecular weight is 223 g/mol. The first kappa shape index (κ1) is 12.7. The van der Waals surface area contributed by atoms with Crippen molar-refractivity contribution >= 4 is 11.5 Å². The van der Waals surface area contributed by atoms with E-state index in [2.05, 4.69) is 0 Å². The number of carbonyl (C=O) groups excluding carboxylic acids is 1. The van der Waals surface area contributed by atoms with Crippen LogP contribution in [0.4, 0.5) is 10.1 Å². The third-order valence-corrected chi connectivity index (χ3v) is 2.56. The summed E-state index contributed by atoms with van der Waals surface area (Å²) in [5.41, 5.74) is 0.912. The largest absolute Gasteiger partial charge is 0.369 e. The van der Waals surface area contributed by atoms with Crippen molar-refractivity contribution in [1.29, 1.82) is 0 Å². The van der Waals surface area contributed by atoms with E-state index >= 15 is 0 Å². The molecular formula is C13H18FNO. The zero-order chi connectivity index (χ0) is 12.1. The Bertz CT molecular complexity index is 376. The van der Waals surface area contributed by atoms with Gasteiger partial charge in [-0.3, -0.25) is 4.79 Å². The van der Waals surface area contributed by atoms with E-state index < -0.39 is 0 Å². The van der Waals surface area contributed by atoms with Gasteiger partial charge < -0.3 is 4.90 Å². The van der Waals surface area contributed by atoms with Crippen molar-refractivity contribution in [1.82, 2.24) is 0 Å². The Morgan fingerprint density at radius 1 is 1.38 bits per heavy atom. The number of hydrogen-bond acceptors (Lipinski definition) is 2. The lowest BCUT2D eigenvalue weighted by Gasteiger charge is -2.25. The third kappa shape index (κ3) is 2.60. The second kappa shape index (κ2) is 5.64. The molecule has 0 unspecified atom stereocenters. The zero-order valence-corrected chi connectivity index (χ0v) is 10.1. The van der Waals surface area contributed by atoms with E-state index in [0.29, 0.717) is 17.8 Å². The molecule has 0 saturated heterocycles. The fourth-order valence-corrected chi connectivity index (χ4v) is 1.82. The van der Waals surface area contributed by atoms with Crippen molar-refractivity contribution in [2.24, 2.45) is 0 Å². The van der Waals surface area contributed by atoms with Crippen LogP contribution in [0.15, 0.2) is 18.2 Å². The van der Waals surface area contributed by atoms with Crippen LogP contribution in [0.25, 0.3) is 0 Å². The average Bonchev–Trinajstić information content (AvgIpc) is 2.26. The predicted molar refractivity (Wildman–Crippen MR) is 64.6 cm³/mol. The number of para-hydroxylation sites is 1. The minimum Gasteiger partial charge on any atom is -0.369 e. The minimum atomic E-state index is -0.317. The summed E-state index contributed by atoms with van der Waals surface area (Å²) in [5, 5.41) is 0. The lowest BCUT2D eigenvalue weighted by molar-refractivity contribution is 0.101. The van der Waals surface area contributed by atoms with Crippen LogP contribution in [0.1, 0.15) is 37.6 Å². The second-order valence-electron chi connectivity index (χ2n) is 3.77. The Labute approximate surface area is 96.1 Å². The maximum atomic E-state index is 13.8. The summed E-state index contributed by atoms with van der Waals surface area (Å²) in [6.07, 6.45) is 0.930. The molecule has 88 valence electrons. The number of hydrogen-bond donors (Lipinski definition) is 0. The van der Waals surface area contributed by atoms with Crippen LogP contribution in [-0.4, -0.2) is 18.9 Å². The first-order valence-electron chi connectivity index (χ1n) is 5.66. The summed E-state index contributed by atoms with van der Waals surface area (Å²) in [5.74, 6) is -0.410. The van der Waals surface area contributed by atoms with Crippen molar-refractivity contribution < 1.29 is 9.18 Å². The highest BCUT2D eigenvalue weighted by atomic mass is 19.1. The Morgan fingerprint density at radius 2 is 2.06 bits per heavy atom. The van der Waals surface area contributed by atoms with Gasteiger partial charge in [-0.15, -0.1) is 0 Å². The molecule has 1 aromatic rings. The Morgan fingerprint density at radius 3 is 2.56 bits per heavy atom. The molecule has 16 heavy (non-hydrogen) atoms. The monoisotopic (exact) mass is 223 g/mol. The Balaban J connectivity index is 3.22. The molecule has 0 radical (unpaired) electrons. The number of rotatable bonds is 5. The minimum absolute atomic E-state index is 0.0935. The molecule has 0 fully saturated rings. The Kier molecular flexibility index (Phi) is 4.47. The van der Waals surface area contributed by atoms with Gasteiger partial charge in [0.15, 0.2) is 5.78 Å². The van der Waals surface area contributed by atoms with Crippen LogP contribution in [0.2, 0.25) is 0 Å². The van der Waals surface area contributed by atoms with Gasteiger partial charge in [0.2, 0.25) is 0 Å². The summed E-state index contributed by atoms with van der Waals surface area (Å²) in [4.78, 5) is 13.4. The molecule has 0 spiro atoms. The molecule has 0 aromatic heterocycles. The third-order valence-electron chi connectivity index (χ3n) is 2.56. The molecule has 0 aliphatic heterocycles. The summed E-state index contributed by atoms with van der Waals surface area (Å²) < 4.78 is 13.8. The molecule has 3 heteroatoms. The molecule has 2 nitrogen and oxygen atoms in total. The molecule has 1 aromatic carbocycles. The van der Waals surface area contributed by atoms with Gasteiger partial charge in [-0.1, -0.05) is 13.0 Å². The molecular weight excluding hydrogens is 205 g/mol. The smallest absolute Gasteiger partial charge is 0.161 e. The van der Waals surface area contributed by atoms with Gasteiger partial charge in [0, 0.05) is 18.7 Å². The van der Waals surface area contributed by atoms with Crippen molar-refractivity contribution in [3.63, 3.8) is 0 Å². The standard InChI is InChI=1S/C13H18FNO/c1-4-9-15(5-2)13-11(10(3)16)7-6-8-12(13)14/h6-8H,4-5,9H2,1-3H3. The number of carbonyl (C=O) groups is 1. The molecule has 0 heterocycles. The fourth-order valence-electron chi connectivity index (χ4n) is 1.82. The number of ketones is 1. The molecule has 0 amide bonds. The first-order valence-corrected chi connectivity index (χ1v) is 5.66. The van der Waals surface area contributed by atoms with Gasteiger partial charge in [-0.05, 0) is 32.4 Å². The van der Waals surface area contributed by atoms with Gasteiger partial charge in [-0.25, -0.2) is 4.39 Å². The van der Waals surface area contributed by atoms with Gasteiger partial charge in [0.05, 0.1) is 5.69 Å². The van der Waals surface area contributed by atoms with E-state index in [0.717, 1.165) is 13.0 Å². The zero-order valence-electron chi connectivity index (χ0n) is 10.1. The Hall–Kier alpha value is -1.38. The number of halogens is 1. The number of benzene rings is 1. The maximum absolute atomic E-state index is 13.8. The SMILES string of the molecule is CCCN(CC)c1c(F)cccc1C(C)=O. The summed E-state index contributed by atoms with van der Waals surface area (Å²) in [7, 11) is 0. The van der Waals surface area contributed by atoms with E-state index in [9.17, 15) is 9.18 Å². The first-order chi connectivity index (χ1) is 7.61. The normalized spacial score (nSPS) is 10.2. The summed E-state index contributed by atoms with van der Waals surface area (Å²) in [6.45, 7) is 6.94. The van der Waals surface area contributed by atoms with Crippen LogP contribution < -0.4 is 4.90 Å². The maximum Gasteiger partial charge on any atom is 0.161 e. The topological polar surface area (TPSA) is 20.3 Å². The van der Waals surface area contributed by atoms with E-state index in [4.69, 9.17) is 0 Å². The number of Topliss-reactive ketones (excluding diaryl/α,β-unsaturated/α-hetero) is 1. The van der Waals surface area contributed by atoms with Crippen LogP contribution in [-0.2, 0) is 0 Å². The second-order valence-corrected chi connectivity index (χ2v) is 3.77. The summed E-state index contributed by atoms with van der Waals surface area (Å²) in [6, 6.07) is 4.66. The molecule has 0 N–H and O–H groups in total. The van der Waals surface area contributed by atoms with Crippen LogP contribution >= 0.6 is 0 Å². The van der Waals surface area contributed by atoms with Crippen LogP contribution in [0.3, 0.4) is 0 Å². The highest BCUT2D eigenvalue weighted by Crippen LogP contribution is 2.25. The summed E-state index contributed by atoms with van der Waals surface area (Å²) >= 11 is 0. The van der Waals surface area contributed by atoms with E-state index in [1.54, 1.807) is 12.1 Å². The lowest BCUT2D eigenvalue weighted by atomic mass is 10.1. The molecule has 1 rings (SSSR count). The molecule has 0 atom stereocenters. The van der Waals surface area contributed by atoms with Crippen molar-refractivity contribution in [2.75, 3.05) is 18.0 Å². The molecule has 0 aliphatic rings. The van der Waals surface area contributed by atoms with Gasteiger partial charge in [0.25, 0.3) is 0 Å². The number of anilines is 1. The predicted octanol–water partition coefficient (Wildman–Crippen LogP) is 3.26. The molecule has 0 bridgehead atoms. The van der Waals surface area contributed by atoms with Crippen molar-refractivity contribution in [3.8, 4) is 0 Å². The van der Waals surface area contributed by atoms with E-state index in [1.807, 2.05) is 18.7 Å². The lowest BCUT2D eigenvalue weighted by Crippen LogP contribution is -2.26. The molecule has 0 aliphatic carbocycles. The highest BCUT2D eigenvalue weighted by Gasteiger charge is 2.16. The van der Waals surface area contributed by atoms with Crippen LogP contribution in [0, 0.1) is 5.82 Å². The number of nitrogens with zero attached hydrogens (tertiary/aromatic N) is 1. The van der Waals surface area contributed by atoms with E-state index in [1.165, 1.54) is 13.0 Å². The molecule has 0 saturated carbocycles. The highest BCUT2D eigenvalue weighted by molar-refractivity contribution is 5.99. The van der Waals surface area contributed by atoms with Crippen molar-refractivity contribution in [2.45, 2.75) is 27.2 Å². The fraction of sp³-hybridized carbons (Fsp3) is 0.462. The van der Waals surface area contributed by atoms with Gasteiger partial charge >= 0.3 is 0 Å². The quantitative estimate of drug-likeness (QED) is 0.714. The van der Waals surface area contributed by atoms with Gasteiger partial charge in [0.1, 0.15) is 5.82 Å². The van der Waals surface area contributed by atoms with Gasteiger partial charge in [-0.2, -0.15) is 0 Å². The van der Waals surface area contributed by atoms with E-state index in [-0.39, 0.29) is 11.6 Å². The van der Waals surface area contributed by atoms with Crippen LogP contribution in [0.5, 0.6) is 0 Å².